The fraction of sp³-hybridized carbons (Fsp3) is 0.684. The predicted octanol–water partition coefficient (Wildman–Crippen LogP) is 1.35. The molecule has 1 aromatic rings. The number of pyridine rings is 1. The summed E-state index contributed by atoms with van der Waals surface area (Å²) in [4.78, 5) is 13.6. The molecule has 0 aliphatic carbocycles. The van der Waals surface area contributed by atoms with E-state index in [2.05, 4.69) is 44.1 Å². The van der Waals surface area contributed by atoms with Crippen LogP contribution in [0.1, 0.15) is 18.9 Å². The van der Waals surface area contributed by atoms with Crippen LogP contribution in [0.4, 0.5) is 5.82 Å². The highest BCUT2D eigenvalue weighted by molar-refractivity contribution is 5.80. The Hall–Kier alpha value is -1.86. The second-order valence-electron chi connectivity index (χ2n) is 7.11. The van der Waals surface area contributed by atoms with Crippen LogP contribution in [0.25, 0.3) is 0 Å². The highest BCUT2D eigenvalue weighted by Gasteiger charge is 2.24. The summed E-state index contributed by atoms with van der Waals surface area (Å²) in [6.45, 7) is 8.24. The molecule has 0 bridgehead atoms. The van der Waals surface area contributed by atoms with Gasteiger partial charge in [0.2, 0.25) is 0 Å². The molecule has 2 fully saturated rings. The standard InChI is InChI=1S/C19H31N5O2/c1-15-12-23(8-9-26-15)18-10-16(4-6-21-18)11-22-19(20-2)24-7-5-17(13-24)14-25-3/h4,6,10,15,17H,5,7-9,11-14H2,1-3H3,(H,20,22). The Kier molecular flexibility index (Phi) is 6.68. The van der Waals surface area contributed by atoms with Gasteiger partial charge >= 0.3 is 0 Å². The molecule has 2 saturated heterocycles. The maximum absolute atomic E-state index is 5.62. The first-order chi connectivity index (χ1) is 12.7. The number of rotatable bonds is 5. The third-order valence-electron chi connectivity index (χ3n) is 5.03. The second-order valence-corrected chi connectivity index (χ2v) is 7.11. The molecule has 0 spiro atoms. The molecule has 3 heterocycles. The number of methoxy groups -OCH3 is 1. The van der Waals surface area contributed by atoms with Crippen LogP contribution in [0.2, 0.25) is 0 Å². The minimum absolute atomic E-state index is 0.251. The fourth-order valence-electron chi connectivity index (χ4n) is 3.68. The third kappa shape index (κ3) is 4.86. The summed E-state index contributed by atoms with van der Waals surface area (Å²) in [6, 6.07) is 4.22. The zero-order valence-electron chi connectivity index (χ0n) is 16.1. The summed E-state index contributed by atoms with van der Waals surface area (Å²) in [7, 11) is 3.62. The van der Waals surface area contributed by atoms with E-state index in [0.717, 1.165) is 64.1 Å². The van der Waals surface area contributed by atoms with E-state index in [9.17, 15) is 0 Å². The van der Waals surface area contributed by atoms with E-state index in [1.807, 2.05) is 13.2 Å². The first-order valence-corrected chi connectivity index (χ1v) is 9.45. The van der Waals surface area contributed by atoms with Gasteiger partial charge in [-0.15, -0.1) is 0 Å². The molecule has 2 atom stereocenters. The van der Waals surface area contributed by atoms with E-state index in [1.165, 1.54) is 5.56 Å². The van der Waals surface area contributed by atoms with Crippen molar-refractivity contribution in [3.8, 4) is 0 Å². The highest BCUT2D eigenvalue weighted by Crippen LogP contribution is 2.18. The van der Waals surface area contributed by atoms with Gasteiger partial charge in [-0.2, -0.15) is 0 Å². The normalized spacial score (nSPS) is 24.2. The van der Waals surface area contributed by atoms with Gasteiger partial charge in [-0.1, -0.05) is 0 Å². The number of hydrogen-bond acceptors (Lipinski definition) is 5. The number of hydrogen-bond donors (Lipinski definition) is 1. The van der Waals surface area contributed by atoms with Crippen LogP contribution < -0.4 is 10.2 Å². The lowest BCUT2D eigenvalue weighted by Gasteiger charge is -2.32. The van der Waals surface area contributed by atoms with E-state index in [1.54, 1.807) is 7.11 Å². The number of ether oxygens (including phenoxy) is 2. The van der Waals surface area contributed by atoms with Gasteiger partial charge in [-0.25, -0.2) is 4.98 Å². The van der Waals surface area contributed by atoms with Gasteiger partial charge in [0.1, 0.15) is 5.82 Å². The Morgan fingerprint density at radius 1 is 1.42 bits per heavy atom. The summed E-state index contributed by atoms with van der Waals surface area (Å²) in [5.41, 5.74) is 1.21. The number of aliphatic imine (C=N–C) groups is 1. The molecule has 26 heavy (non-hydrogen) atoms. The summed E-state index contributed by atoms with van der Waals surface area (Å²) < 4.78 is 10.9. The van der Waals surface area contributed by atoms with Gasteiger partial charge in [-0.05, 0) is 31.0 Å². The van der Waals surface area contributed by atoms with Crippen molar-refractivity contribution in [1.29, 1.82) is 0 Å². The molecule has 2 aliphatic heterocycles. The largest absolute Gasteiger partial charge is 0.384 e. The molecule has 1 aromatic heterocycles. The Balaban J connectivity index is 1.56. The average Bonchev–Trinajstić information content (AvgIpc) is 3.11. The van der Waals surface area contributed by atoms with Crippen molar-refractivity contribution in [1.82, 2.24) is 15.2 Å². The summed E-state index contributed by atoms with van der Waals surface area (Å²) in [6.07, 6.45) is 3.30. The number of nitrogens with zero attached hydrogens (tertiary/aromatic N) is 4. The van der Waals surface area contributed by atoms with Crippen molar-refractivity contribution in [2.24, 2.45) is 10.9 Å². The topological polar surface area (TPSA) is 62.2 Å². The van der Waals surface area contributed by atoms with Gasteiger partial charge < -0.3 is 24.6 Å². The minimum Gasteiger partial charge on any atom is -0.384 e. The maximum atomic E-state index is 5.62. The van der Waals surface area contributed by atoms with Crippen molar-refractivity contribution in [2.45, 2.75) is 26.0 Å². The van der Waals surface area contributed by atoms with Crippen molar-refractivity contribution in [3.63, 3.8) is 0 Å². The second kappa shape index (κ2) is 9.19. The molecule has 2 unspecified atom stereocenters. The number of nitrogens with one attached hydrogen (secondary N) is 1. The lowest BCUT2D eigenvalue weighted by molar-refractivity contribution is 0.0529. The fourth-order valence-corrected chi connectivity index (χ4v) is 3.68. The summed E-state index contributed by atoms with van der Waals surface area (Å²) >= 11 is 0. The van der Waals surface area contributed by atoms with Gasteiger partial charge in [0, 0.05) is 59.0 Å². The van der Waals surface area contributed by atoms with Crippen molar-refractivity contribution < 1.29 is 9.47 Å². The maximum Gasteiger partial charge on any atom is 0.193 e. The van der Waals surface area contributed by atoms with Gasteiger partial charge in [0.15, 0.2) is 5.96 Å². The SMILES string of the molecule is CN=C(NCc1ccnc(N2CCOC(C)C2)c1)N1CCC(COC)C1. The molecule has 0 radical (unpaired) electrons. The van der Waals surface area contributed by atoms with Crippen LogP contribution in [0.3, 0.4) is 0 Å². The van der Waals surface area contributed by atoms with Crippen LogP contribution in [-0.4, -0.2) is 75.5 Å². The Morgan fingerprint density at radius 2 is 2.31 bits per heavy atom. The monoisotopic (exact) mass is 361 g/mol. The smallest absolute Gasteiger partial charge is 0.193 e. The minimum atomic E-state index is 0.251. The molecule has 7 nitrogen and oxygen atoms in total. The summed E-state index contributed by atoms with van der Waals surface area (Å²) in [5.74, 6) is 2.58. The lowest BCUT2D eigenvalue weighted by atomic mass is 10.1. The number of guanidine groups is 1. The number of likely N-dealkylation sites (tertiary alicyclic amines) is 1. The quantitative estimate of drug-likeness (QED) is 0.631. The van der Waals surface area contributed by atoms with Crippen LogP contribution in [0.5, 0.6) is 0 Å². The lowest BCUT2D eigenvalue weighted by Crippen LogP contribution is -2.41. The number of morpholine rings is 1. The number of anilines is 1. The molecule has 1 N–H and O–H groups in total. The van der Waals surface area contributed by atoms with Crippen molar-refractivity contribution in [2.75, 3.05) is 58.5 Å². The molecule has 2 aliphatic rings. The average molecular weight is 361 g/mol. The predicted molar refractivity (Wildman–Crippen MR) is 104 cm³/mol. The summed E-state index contributed by atoms with van der Waals surface area (Å²) in [5, 5.41) is 3.49. The van der Waals surface area contributed by atoms with Crippen LogP contribution in [0, 0.1) is 5.92 Å². The molecule has 0 aromatic carbocycles. The highest BCUT2D eigenvalue weighted by atomic mass is 16.5. The molecule has 144 valence electrons. The van der Waals surface area contributed by atoms with E-state index in [4.69, 9.17) is 9.47 Å². The Bertz CT molecular complexity index is 609. The van der Waals surface area contributed by atoms with Crippen LogP contribution in [-0.2, 0) is 16.0 Å². The van der Waals surface area contributed by atoms with Gasteiger partial charge in [-0.3, -0.25) is 4.99 Å². The third-order valence-corrected chi connectivity index (χ3v) is 5.03. The van der Waals surface area contributed by atoms with Crippen molar-refractivity contribution in [3.05, 3.63) is 23.9 Å². The molecule has 3 rings (SSSR count). The molecular weight excluding hydrogens is 330 g/mol. The van der Waals surface area contributed by atoms with E-state index >= 15 is 0 Å². The Morgan fingerprint density at radius 3 is 3.08 bits per heavy atom. The first kappa shape index (κ1) is 18.9. The van der Waals surface area contributed by atoms with Gasteiger partial charge in [0.25, 0.3) is 0 Å². The van der Waals surface area contributed by atoms with Crippen LogP contribution in [0.15, 0.2) is 23.3 Å². The van der Waals surface area contributed by atoms with E-state index in [0.29, 0.717) is 5.92 Å². The molecule has 0 saturated carbocycles. The molecule has 7 heteroatoms. The molecule has 0 amide bonds. The number of aromatic nitrogens is 1. The van der Waals surface area contributed by atoms with E-state index in [-0.39, 0.29) is 6.10 Å². The zero-order valence-corrected chi connectivity index (χ0v) is 16.1. The molecular formula is C19H31N5O2. The Labute approximate surface area is 156 Å². The van der Waals surface area contributed by atoms with E-state index < -0.39 is 0 Å². The van der Waals surface area contributed by atoms with Crippen molar-refractivity contribution >= 4 is 11.8 Å². The first-order valence-electron chi connectivity index (χ1n) is 9.45. The zero-order chi connectivity index (χ0) is 18.4. The van der Waals surface area contributed by atoms with Crippen LogP contribution >= 0.6 is 0 Å². The van der Waals surface area contributed by atoms with Gasteiger partial charge in [0.05, 0.1) is 19.3 Å².